The van der Waals surface area contributed by atoms with E-state index < -0.39 is 0 Å². The first kappa shape index (κ1) is 12.7. The number of rotatable bonds is 2. The molecular formula is C14H23N5. The van der Waals surface area contributed by atoms with Gasteiger partial charge in [0.25, 0.3) is 0 Å². The molecule has 2 aliphatic rings. The maximum absolute atomic E-state index is 5.50. The van der Waals surface area contributed by atoms with Gasteiger partial charge in [-0.3, -0.25) is 0 Å². The Hall–Kier alpha value is -1.36. The highest BCUT2D eigenvalue weighted by molar-refractivity contribution is 5.57. The van der Waals surface area contributed by atoms with Crippen LogP contribution in [0.4, 0.5) is 11.6 Å². The van der Waals surface area contributed by atoms with E-state index in [0.717, 1.165) is 42.1 Å². The highest BCUT2D eigenvalue weighted by atomic mass is 15.3. The van der Waals surface area contributed by atoms with E-state index in [1.165, 1.54) is 32.1 Å². The summed E-state index contributed by atoms with van der Waals surface area (Å²) in [4.78, 5) is 11.0. The number of anilines is 2. The molecule has 1 saturated heterocycles. The van der Waals surface area contributed by atoms with E-state index >= 15 is 0 Å². The second-order valence-corrected chi connectivity index (χ2v) is 5.85. The molecule has 1 aliphatic heterocycles. The van der Waals surface area contributed by atoms with Crippen LogP contribution in [-0.4, -0.2) is 23.1 Å². The van der Waals surface area contributed by atoms with E-state index in [1.54, 1.807) is 6.33 Å². The number of piperidine rings is 1. The normalized spacial score (nSPS) is 26.9. The molecule has 2 heterocycles. The van der Waals surface area contributed by atoms with Crippen LogP contribution < -0.4 is 16.2 Å². The highest BCUT2D eigenvalue weighted by Crippen LogP contribution is 2.37. The third kappa shape index (κ3) is 2.39. The summed E-state index contributed by atoms with van der Waals surface area (Å²) in [7, 11) is 0. The molecule has 0 amide bonds. The number of nitrogen functional groups attached to an aromatic ring is 1. The van der Waals surface area contributed by atoms with Gasteiger partial charge in [0.05, 0.1) is 0 Å². The minimum atomic E-state index is 0.732. The molecule has 1 aromatic heterocycles. The van der Waals surface area contributed by atoms with Crippen LogP contribution in [0.3, 0.4) is 0 Å². The summed E-state index contributed by atoms with van der Waals surface area (Å²) in [5.41, 5.74) is 3.71. The van der Waals surface area contributed by atoms with Crippen LogP contribution in [0.15, 0.2) is 6.33 Å². The summed E-state index contributed by atoms with van der Waals surface area (Å²) >= 11 is 0. The molecule has 3 rings (SSSR count). The Kier molecular flexibility index (Phi) is 3.55. The lowest BCUT2D eigenvalue weighted by molar-refractivity contribution is 0.202. The standard InChI is InChI=1S/C14H23N5/c1-10-13(18-15)16-9-17-14(10)19-7-6-11-4-2-3-5-12(11)8-19/h9,11-12H,2-8,15H2,1H3,(H,16,17,18). The van der Waals surface area contributed by atoms with Crippen molar-refractivity contribution in [1.82, 2.24) is 9.97 Å². The van der Waals surface area contributed by atoms with Crippen molar-refractivity contribution in [3.05, 3.63) is 11.9 Å². The van der Waals surface area contributed by atoms with E-state index in [-0.39, 0.29) is 0 Å². The monoisotopic (exact) mass is 261 g/mol. The third-order valence-electron chi connectivity index (χ3n) is 4.78. The number of nitrogens with zero attached hydrogens (tertiary/aromatic N) is 3. The van der Waals surface area contributed by atoms with Gasteiger partial charge in [-0.15, -0.1) is 0 Å². The number of fused-ring (bicyclic) bond motifs is 1. The van der Waals surface area contributed by atoms with Crippen molar-refractivity contribution in [2.45, 2.75) is 39.0 Å². The van der Waals surface area contributed by atoms with E-state index in [0.29, 0.717) is 0 Å². The van der Waals surface area contributed by atoms with Crippen LogP contribution in [0.1, 0.15) is 37.7 Å². The lowest BCUT2D eigenvalue weighted by atomic mass is 9.75. The number of hydrogen-bond donors (Lipinski definition) is 2. The van der Waals surface area contributed by atoms with Gasteiger partial charge in [-0.1, -0.05) is 19.3 Å². The number of hydrazine groups is 1. The first-order valence-electron chi connectivity index (χ1n) is 7.32. The highest BCUT2D eigenvalue weighted by Gasteiger charge is 2.32. The minimum absolute atomic E-state index is 0.732. The van der Waals surface area contributed by atoms with Gasteiger partial charge in [0.1, 0.15) is 18.0 Å². The maximum atomic E-state index is 5.50. The van der Waals surface area contributed by atoms with Gasteiger partial charge in [0.2, 0.25) is 0 Å². The van der Waals surface area contributed by atoms with E-state index in [9.17, 15) is 0 Å². The maximum Gasteiger partial charge on any atom is 0.148 e. The van der Waals surface area contributed by atoms with Gasteiger partial charge in [-0.05, 0) is 31.6 Å². The summed E-state index contributed by atoms with van der Waals surface area (Å²) in [6, 6.07) is 0. The lowest BCUT2D eigenvalue weighted by Gasteiger charge is -2.42. The Balaban J connectivity index is 1.79. The fourth-order valence-electron chi connectivity index (χ4n) is 3.70. The molecule has 5 nitrogen and oxygen atoms in total. The third-order valence-corrected chi connectivity index (χ3v) is 4.78. The minimum Gasteiger partial charge on any atom is -0.356 e. The molecule has 19 heavy (non-hydrogen) atoms. The zero-order chi connectivity index (χ0) is 13.2. The second-order valence-electron chi connectivity index (χ2n) is 5.85. The van der Waals surface area contributed by atoms with Gasteiger partial charge >= 0.3 is 0 Å². The van der Waals surface area contributed by atoms with Crippen molar-refractivity contribution in [3.8, 4) is 0 Å². The Labute approximate surface area is 114 Å². The molecule has 0 radical (unpaired) electrons. The Bertz CT molecular complexity index is 447. The molecule has 2 unspecified atom stereocenters. The molecule has 1 aliphatic carbocycles. The Morgan fingerprint density at radius 2 is 2.00 bits per heavy atom. The Morgan fingerprint density at radius 3 is 2.79 bits per heavy atom. The molecule has 3 N–H and O–H groups in total. The van der Waals surface area contributed by atoms with Crippen LogP contribution in [0.2, 0.25) is 0 Å². The van der Waals surface area contributed by atoms with Crippen LogP contribution >= 0.6 is 0 Å². The molecule has 0 spiro atoms. The van der Waals surface area contributed by atoms with Crippen LogP contribution in [0.25, 0.3) is 0 Å². The van der Waals surface area contributed by atoms with Crippen molar-refractivity contribution in [1.29, 1.82) is 0 Å². The van der Waals surface area contributed by atoms with Gasteiger partial charge in [0, 0.05) is 18.7 Å². The van der Waals surface area contributed by atoms with Gasteiger partial charge in [-0.25, -0.2) is 15.8 Å². The van der Waals surface area contributed by atoms with Crippen LogP contribution in [0.5, 0.6) is 0 Å². The van der Waals surface area contributed by atoms with Crippen molar-refractivity contribution in [2.75, 3.05) is 23.4 Å². The predicted molar refractivity (Wildman–Crippen MR) is 76.9 cm³/mol. The van der Waals surface area contributed by atoms with Crippen molar-refractivity contribution >= 4 is 11.6 Å². The van der Waals surface area contributed by atoms with Gasteiger partial charge in [0.15, 0.2) is 0 Å². The van der Waals surface area contributed by atoms with Crippen LogP contribution in [-0.2, 0) is 0 Å². The average molecular weight is 261 g/mol. The topological polar surface area (TPSA) is 67.1 Å². The average Bonchev–Trinajstić information content (AvgIpc) is 2.47. The first-order chi connectivity index (χ1) is 9.29. The quantitative estimate of drug-likeness (QED) is 0.630. The van der Waals surface area contributed by atoms with E-state index in [2.05, 4.69) is 20.3 Å². The molecular weight excluding hydrogens is 238 g/mol. The van der Waals surface area contributed by atoms with E-state index in [4.69, 9.17) is 5.84 Å². The number of aromatic nitrogens is 2. The largest absolute Gasteiger partial charge is 0.356 e. The van der Waals surface area contributed by atoms with Crippen molar-refractivity contribution < 1.29 is 0 Å². The smallest absolute Gasteiger partial charge is 0.148 e. The molecule has 2 atom stereocenters. The SMILES string of the molecule is Cc1c(NN)ncnc1N1CCC2CCCCC2C1. The molecule has 5 heteroatoms. The Morgan fingerprint density at radius 1 is 1.21 bits per heavy atom. The van der Waals surface area contributed by atoms with Crippen LogP contribution in [0, 0.1) is 18.8 Å². The number of hydrogen-bond acceptors (Lipinski definition) is 5. The molecule has 1 saturated carbocycles. The van der Waals surface area contributed by atoms with Gasteiger partial charge < -0.3 is 10.3 Å². The fourth-order valence-corrected chi connectivity index (χ4v) is 3.70. The zero-order valence-electron chi connectivity index (χ0n) is 11.6. The fraction of sp³-hybridized carbons (Fsp3) is 0.714. The van der Waals surface area contributed by atoms with E-state index in [1.807, 2.05) is 6.92 Å². The van der Waals surface area contributed by atoms with Crippen molar-refractivity contribution in [2.24, 2.45) is 17.7 Å². The first-order valence-corrected chi connectivity index (χ1v) is 7.32. The summed E-state index contributed by atoms with van der Waals surface area (Å²) in [5, 5.41) is 0. The zero-order valence-corrected chi connectivity index (χ0v) is 11.6. The summed E-state index contributed by atoms with van der Waals surface area (Å²) in [6.07, 6.45) is 8.54. The lowest BCUT2D eigenvalue weighted by Crippen LogP contribution is -2.42. The second kappa shape index (κ2) is 5.33. The number of nitrogens with two attached hydrogens (primary N) is 1. The van der Waals surface area contributed by atoms with Crippen molar-refractivity contribution in [3.63, 3.8) is 0 Å². The predicted octanol–water partition coefficient (Wildman–Crippen LogP) is 2.09. The molecule has 0 aromatic carbocycles. The van der Waals surface area contributed by atoms with Gasteiger partial charge in [-0.2, -0.15) is 0 Å². The molecule has 2 fully saturated rings. The number of nitrogens with one attached hydrogen (secondary N) is 1. The molecule has 0 bridgehead atoms. The summed E-state index contributed by atoms with van der Waals surface area (Å²) < 4.78 is 0. The summed E-state index contributed by atoms with van der Waals surface area (Å²) in [5.74, 6) is 9.07. The molecule has 104 valence electrons. The summed E-state index contributed by atoms with van der Waals surface area (Å²) in [6.45, 7) is 4.30. The molecule has 1 aromatic rings.